The van der Waals surface area contributed by atoms with Crippen molar-refractivity contribution in [3.05, 3.63) is 23.3 Å². The summed E-state index contributed by atoms with van der Waals surface area (Å²) in [5.41, 5.74) is 7.94. The molecule has 0 saturated heterocycles. The van der Waals surface area contributed by atoms with Gasteiger partial charge in [-0.15, -0.1) is 0 Å². The van der Waals surface area contributed by atoms with Gasteiger partial charge in [0, 0.05) is 13.2 Å². The molecule has 5 nitrogen and oxygen atoms in total. The number of nitrogen functional groups attached to an aromatic ring is 1. The summed E-state index contributed by atoms with van der Waals surface area (Å²) in [5.74, 6) is 0. The SMILES string of the molecule is CCCCOCCNS(=O)(=O)c1cc(C)c(C)cc1N. The Morgan fingerprint density at radius 3 is 2.50 bits per heavy atom. The fraction of sp³-hybridized carbons (Fsp3) is 0.571. The van der Waals surface area contributed by atoms with E-state index in [4.69, 9.17) is 10.5 Å². The Bertz CT molecular complexity index is 542. The van der Waals surface area contributed by atoms with Crippen LogP contribution in [-0.4, -0.2) is 28.2 Å². The smallest absolute Gasteiger partial charge is 0.242 e. The highest BCUT2D eigenvalue weighted by Crippen LogP contribution is 2.22. The molecule has 1 aromatic carbocycles. The first kappa shape index (κ1) is 16.9. The molecule has 0 atom stereocenters. The number of hydrogen-bond donors (Lipinski definition) is 2. The maximum absolute atomic E-state index is 12.2. The van der Waals surface area contributed by atoms with Crippen LogP contribution >= 0.6 is 0 Å². The van der Waals surface area contributed by atoms with Crippen molar-refractivity contribution in [2.75, 3.05) is 25.5 Å². The molecule has 0 saturated carbocycles. The van der Waals surface area contributed by atoms with Gasteiger partial charge in [0.25, 0.3) is 0 Å². The van der Waals surface area contributed by atoms with Crippen LogP contribution in [0.5, 0.6) is 0 Å². The van der Waals surface area contributed by atoms with Crippen molar-refractivity contribution >= 4 is 15.7 Å². The highest BCUT2D eigenvalue weighted by Gasteiger charge is 2.17. The van der Waals surface area contributed by atoms with Gasteiger partial charge in [-0.25, -0.2) is 13.1 Å². The van der Waals surface area contributed by atoms with Crippen LogP contribution in [0, 0.1) is 13.8 Å². The van der Waals surface area contributed by atoms with E-state index in [9.17, 15) is 8.42 Å². The largest absolute Gasteiger partial charge is 0.398 e. The molecule has 0 radical (unpaired) electrons. The lowest BCUT2D eigenvalue weighted by Gasteiger charge is -2.11. The van der Waals surface area contributed by atoms with Crippen LogP contribution in [-0.2, 0) is 14.8 Å². The molecule has 0 amide bonds. The second-order valence-electron chi connectivity index (χ2n) is 4.84. The molecule has 6 heteroatoms. The Balaban J connectivity index is 2.63. The number of sulfonamides is 1. The van der Waals surface area contributed by atoms with Gasteiger partial charge in [0.2, 0.25) is 10.0 Å². The van der Waals surface area contributed by atoms with Crippen LogP contribution in [0.4, 0.5) is 5.69 Å². The predicted octanol–water partition coefficient (Wildman–Crippen LogP) is 1.98. The number of rotatable bonds is 8. The minimum absolute atomic E-state index is 0.133. The summed E-state index contributed by atoms with van der Waals surface area (Å²) in [7, 11) is -3.58. The molecule has 0 heterocycles. The monoisotopic (exact) mass is 300 g/mol. The van der Waals surface area contributed by atoms with E-state index < -0.39 is 10.0 Å². The molecule has 0 fully saturated rings. The molecule has 1 aromatic rings. The fourth-order valence-electron chi connectivity index (χ4n) is 1.72. The van der Waals surface area contributed by atoms with Gasteiger partial charge in [0.05, 0.1) is 12.3 Å². The van der Waals surface area contributed by atoms with E-state index in [0.29, 0.717) is 13.2 Å². The van der Waals surface area contributed by atoms with E-state index in [2.05, 4.69) is 11.6 Å². The van der Waals surface area contributed by atoms with Crippen LogP contribution in [0.15, 0.2) is 17.0 Å². The van der Waals surface area contributed by atoms with E-state index in [0.717, 1.165) is 24.0 Å². The van der Waals surface area contributed by atoms with Gasteiger partial charge < -0.3 is 10.5 Å². The highest BCUT2D eigenvalue weighted by atomic mass is 32.2. The van der Waals surface area contributed by atoms with Crippen LogP contribution < -0.4 is 10.5 Å². The van der Waals surface area contributed by atoms with Gasteiger partial charge in [-0.2, -0.15) is 0 Å². The first-order valence-electron chi connectivity index (χ1n) is 6.82. The standard InChI is InChI=1S/C14H24N2O3S/c1-4-5-7-19-8-6-16-20(17,18)14-10-12(3)11(2)9-13(14)15/h9-10,16H,4-8,15H2,1-3H3. The molecule has 0 aliphatic rings. The molecule has 3 N–H and O–H groups in total. The third kappa shape index (κ3) is 4.77. The van der Waals surface area contributed by atoms with Crippen LogP contribution in [0.2, 0.25) is 0 Å². The average Bonchev–Trinajstić information content (AvgIpc) is 2.37. The number of unbranched alkanes of at least 4 members (excludes halogenated alkanes) is 1. The van der Waals surface area contributed by atoms with Gasteiger partial charge in [-0.3, -0.25) is 0 Å². The number of aryl methyl sites for hydroxylation is 2. The number of anilines is 1. The van der Waals surface area contributed by atoms with Gasteiger partial charge in [0.15, 0.2) is 0 Å². The van der Waals surface area contributed by atoms with Crippen molar-refractivity contribution in [2.24, 2.45) is 0 Å². The van der Waals surface area contributed by atoms with Crippen LogP contribution in [0.25, 0.3) is 0 Å². The Morgan fingerprint density at radius 1 is 1.20 bits per heavy atom. The van der Waals surface area contributed by atoms with Crippen molar-refractivity contribution in [3.63, 3.8) is 0 Å². The summed E-state index contributed by atoms with van der Waals surface area (Å²) < 4.78 is 32.1. The first-order chi connectivity index (χ1) is 9.38. The molecule has 0 bridgehead atoms. The molecule has 0 spiro atoms. The summed E-state index contributed by atoms with van der Waals surface area (Å²) in [6.45, 7) is 7.11. The summed E-state index contributed by atoms with van der Waals surface area (Å²) in [4.78, 5) is 0.133. The highest BCUT2D eigenvalue weighted by molar-refractivity contribution is 7.89. The van der Waals surface area contributed by atoms with Crippen LogP contribution in [0.1, 0.15) is 30.9 Å². The Labute approximate surface area is 121 Å². The normalized spacial score (nSPS) is 11.8. The lowest BCUT2D eigenvalue weighted by atomic mass is 10.1. The Hall–Kier alpha value is -1.11. The fourth-order valence-corrected chi connectivity index (χ4v) is 2.93. The summed E-state index contributed by atoms with van der Waals surface area (Å²) >= 11 is 0. The molecular formula is C14H24N2O3S. The van der Waals surface area contributed by atoms with Crippen molar-refractivity contribution in [2.45, 2.75) is 38.5 Å². The molecule has 0 unspecified atom stereocenters. The number of nitrogens with two attached hydrogens (primary N) is 1. The summed E-state index contributed by atoms with van der Waals surface area (Å²) in [6.07, 6.45) is 2.04. The molecule has 0 aromatic heterocycles. The van der Waals surface area contributed by atoms with Gasteiger partial charge in [-0.05, 0) is 43.5 Å². The first-order valence-corrected chi connectivity index (χ1v) is 8.31. The maximum Gasteiger partial charge on any atom is 0.242 e. The van der Waals surface area contributed by atoms with Gasteiger partial charge in [0.1, 0.15) is 4.90 Å². The van der Waals surface area contributed by atoms with E-state index in [-0.39, 0.29) is 17.1 Å². The van der Waals surface area contributed by atoms with Crippen molar-refractivity contribution in [1.29, 1.82) is 0 Å². The minimum Gasteiger partial charge on any atom is -0.398 e. The zero-order valence-electron chi connectivity index (χ0n) is 12.4. The van der Waals surface area contributed by atoms with E-state index in [1.54, 1.807) is 12.1 Å². The minimum atomic E-state index is -3.58. The van der Waals surface area contributed by atoms with E-state index in [1.165, 1.54) is 0 Å². The molecule has 0 aliphatic heterocycles. The van der Waals surface area contributed by atoms with Crippen molar-refractivity contribution < 1.29 is 13.2 Å². The number of hydrogen-bond acceptors (Lipinski definition) is 4. The van der Waals surface area contributed by atoms with Gasteiger partial charge in [-0.1, -0.05) is 13.3 Å². The molecule has 1 rings (SSSR count). The summed E-state index contributed by atoms with van der Waals surface area (Å²) in [6, 6.07) is 3.28. The van der Waals surface area contributed by atoms with Crippen molar-refractivity contribution in [1.82, 2.24) is 4.72 Å². The number of ether oxygens (including phenoxy) is 1. The predicted molar refractivity (Wildman–Crippen MR) is 81.2 cm³/mol. The van der Waals surface area contributed by atoms with E-state index in [1.807, 2.05) is 13.8 Å². The maximum atomic E-state index is 12.2. The number of benzene rings is 1. The average molecular weight is 300 g/mol. The molecule has 20 heavy (non-hydrogen) atoms. The van der Waals surface area contributed by atoms with Crippen LogP contribution in [0.3, 0.4) is 0 Å². The third-order valence-corrected chi connectivity index (χ3v) is 4.61. The topological polar surface area (TPSA) is 81.4 Å². The summed E-state index contributed by atoms with van der Waals surface area (Å²) in [5, 5.41) is 0. The third-order valence-electron chi connectivity index (χ3n) is 3.10. The lowest BCUT2D eigenvalue weighted by Crippen LogP contribution is -2.28. The quantitative estimate of drug-likeness (QED) is 0.568. The lowest BCUT2D eigenvalue weighted by molar-refractivity contribution is 0.136. The van der Waals surface area contributed by atoms with Gasteiger partial charge >= 0.3 is 0 Å². The molecule has 0 aliphatic carbocycles. The molecular weight excluding hydrogens is 276 g/mol. The molecule has 114 valence electrons. The van der Waals surface area contributed by atoms with Crippen molar-refractivity contribution in [3.8, 4) is 0 Å². The second-order valence-corrected chi connectivity index (χ2v) is 6.57. The number of nitrogens with one attached hydrogen (secondary N) is 1. The zero-order valence-corrected chi connectivity index (χ0v) is 13.2. The zero-order chi connectivity index (χ0) is 15.2. The Kier molecular flexibility index (Phi) is 6.45. The van der Waals surface area contributed by atoms with E-state index >= 15 is 0 Å². The second kappa shape index (κ2) is 7.61. The Morgan fingerprint density at radius 2 is 1.85 bits per heavy atom.